The summed E-state index contributed by atoms with van der Waals surface area (Å²) >= 11 is 1.14. The molecule has 1 aromatic rings. The molecular weight excluding hydrogens is 252 g/mol. The lowest BCUT2D eigenvalue weighted by Gasteiger charge is -2.06. The van der Waals surface area contributed by atoms with Crippen LogP contribution < -0.4 is 22.1 Å². The molecule has 1 aliphatic rings. The number of anilines is 2. The Morgan fingerprint density at radius 3 is 2.61 bits per heavy atom. The van der Waals surface area contributed by atoms with Gasteiger partial charge in [0.25, 0.3) is 11.8 Å². The number of carbonyl (C=O) groups is 2. The maximum absolute atomic E-state index is 11.8. The number of hydrogen-bond donors (Lipinski definition) is 4. The number of nitrogens with one attached hydrogen (secondary N) is 2. The highest BCUT2D eigenvalue weighted by molar-refractivity contribution is 7.19. The first-order chi connectivity index (χ1) is 8.54. The summed E-state index contributed by atoms with van der Waals surface area (Å²) in [5.74, 6) is -0.264. The SMILES string of the molecule is CNC(=O)c1c(NCC2CC2)sc(C(N)=O)c1N. The molecule has 2 amide bonds. The molecule has 1 aromatic heterocycles. The maximum Gasteiger partial charge on any atom is 0.260 e. The summed E-state index contributed by atoms with van der Waals surface area (Å²) in [5.41, 5.74) is 11.5. The maximum atomic E-state index is 11.8. The minimum Gasteiger partial charge on any atom is -0.397 e. The third kappa shape index (κ3) is 2.40. The van der Waals surface area contributed by atoms with Gasteiger partial charge in [0.1, 0.15) is 9.88 Å². The molecule has 6 N–H and O–H groups in total. The van der Waals surface area contributed by atoms with Crippen LogP contribution >= 0.6 is 11.3 Å². The first-order valence-corrected chi connectivity index (χ1v) is 6.54. The summed E-state index contributed by atoms with van der Waals surface area (Å²) in [7, 11) is 1.52. The van der Waals surface area contributed by atoms with E-state index >= 15 is 0 Å². The number of nitrogen functional groups attached to an aromatic ring is 1. The van der Waals surface area contributed by atoms with Gasteiger partial charge in [0, 0.05) is 13.6 Å². The van der Waals surface area contributed by atoms with Crippen molar-refractivity contribution < 1.29 is 9.59 Å². The molecule has 0 unspecified atom stereocenters. The average molecular weight is 268 g/mol. The highest BCUT2D eigenvalue weighted by Gasteiger charge is 2.26. The number of carbonyl (C=O) groups excluding carboxylic acids is 2. The predicted octanol–water partition coefficient (Wildman–Crippen LogP) is 0.611. The van der Waals surface area contributed by atoms with Crippen molar-refractivity contribution in [3.8, 4) is 0 Å². The molecule has 0 saturated heterocycles. The van der Waals surface area contributed by atoms with Crippen LogP contribution in [0.2, 0.25) is 0 Å². The normalized spacial score (nSPS) is 14.3. The van der Waals surface area contributed by atoms with Gasteiger partial charge in [-0.1, -0.05) is 0 Å². The van der Waals surface area contributed by atoms with Gasteiger partial charge in [-0.15, -0.1) is 11.3 Å². The van der Waals surface area contributed by atoms with E-state index in [4.69, 9.17) is 11.5 Å². The summed E-state index contributed by atoms with van der Waals surface area (Å²) < 4.78 is 0. The van der Waals surface area contributed by atoms with Crippen LogP contribution in [0, 0.1) is 5.92 Å². The summed E-state index contributed by atoms with van der Waals surface area (Å²) in [6.07, 6.45) is 2.40. The number of nitrogens with two attached hydrogens (primary N) is 2. The number of amides is 2. The molecule has 1 heterocycles. The van der Waals surface area contributed by atoms with E-state index in [0.717, 1.165) is 17.9 Å². The molecule has 0 radical (unpaired) electrons. The van der Waals surface area contributed by atoms with Crippen LogP contribution in [0.5, 0.6) is 0 Å². The minimum atomic E-state index is -0.609. The van der Waals surface area contributed by atoms with Gasteiger partial charge < -0.3 is 22.1 Å². The summed E-state index contributed by atoms with van der Waals surface area (Å²) in [5, 5.41) is 6.31. The quantitative estimate of drug-likeness (QED) is 0.627. The van der Waals surface area contributed by atoms with Crippen LogP contribution in [0.25, 0.3) is 0 Å². The van der Waals surface area contributed by atoms with Crippen molar-refractivity contribution in [3.63, 3.8) is 0 Å². The van der Waals surface area contributed by atoms with Crippen molar-refractivity contribution in [3.05, 3.63) is 10.4 Å². The topological polar surface area (TPSA) is 110 Å². The molecular formula is C11H16N4O2S. The van der Waals surface area contributed by atoms with Gasteiger partial charge in [0.2, 0.25) is 0 Å². The van der Waals surface area contributed by atoms with Crippen LogP contribution in [0.15, 0.2) is 0 Å². The van der Waals surface area contributed by atoms with Crippen molar-refractivity contribution >= 4 is 33.8 Å². The zero-order valence-electron chi connectivity index (χ0n) is 10.1. The summed E-state index contributed by atoms with van der Waals surface area (Å²) in [6.45, 7) is 0.794. The highest BCUT2D eigenvalue weighted by Crippen LogP contribution is 2.37. The van der Waals surface area contributed by atoms with Crippen LogP contribution in [-0.4, -0.2) is 25.4 Å². The number of primary amides is 1. The van der Waals surface area contributed by atoms with E-state index < -0.39 is 5.91 Å². The van der Waals surface area contributed by atoms with E-state index in [-0.39, 0.29) is 16.5 Å². The Balaban J connectivity index is 2.31. The molecule has 0 atom stereocenters. The molecule has 98 valence electrons. The van der Waals surface area contributed by atoms with Crippen LogP contribution in [-0.2, 0) is 0 Å². The fraction of sp³-hybridized carbons (Fsp3) is 0.455. The van der Waals surface area contributed by atoms with Crippen molar-refractivity contribution in [2.75, 3.05) is 24.6 Å². The third-order valence-corrected chi connectivity index (χ3v) is 4.05. The molecule has 7 heteroatoms. The van der Waals surface area contributed by atoms with E-state index in [1.807, 2.05) is 0 Å². The number of rotatable bonds is 5. The van der Waals surface area contributed by atoms with Gasteiger partial charge in [-0.25, -0.2) is 0 Å². The Morgan fingerprint density at radius 2 is 2.11 bits per heavy atom. The van der Waals surface area contributed by atoms with Crippen molar-refractivity contribution in [1.29, 1.82) is 0 Å². The standard InChI is InChI=1S/C11H16N4O2S/c1-14-10(17)6-7(12)8(9(13)16)18-11(6)15-4-5-2-3-5/h5,15H,2-4,12H2,1H3,(H2,13,16)(H,14,17). The first kappa shape index (κ1) is 12.7. The van der Waals surface area contributed by atoms with E-state index in [9.17, 15) is 9.59 Å². The second-order valence-corrected chi connectivity index (χ2v) is 5.34. The second kappa shape index (κ2) is 4.85. The van der Waals surface area contributed by atoms with Crippen molar-refractivity contribution in [2.24, 2.45) is 11.7 Å². The Bertz CT molecular complexity index is 493. The molecule has 0 aliphatic heterocycles. The summed E-state index contributed by atoms with van der Waals surface area (Å²) in [6, 6.07) is 0. The Labute approximate surface area is 109 Å². The molecule has 1 fully saturated rings. The number of thiophene rings is 1. The smallest absolute Gasteiger partial charge is 0.260 e. The molecule has 0 spiro atoms. The van der Waals surface area contributed by atoms with Gasteiger partial charge in [0.15, 0.2) is 0 Å². The molecule has 1 saturated carbocycles. The van der Waals surface area contributed by atoms with E-state index in [0.29, 0.717) is 16.5 Å². The highest BCUT2D eigenvalue weighted by atomic mass is 32.1. The molecule has 18 heavy (non-hydrogen) atoms. The lowest BCUT2D eigenvalue weighted by Crippen LogP contribution is -2.21. The van der Waals surface area contributed by atoms with Crippen molar-refractivity contribution in [1.82, 2.24) is 5.32 Å². The van der Waals surface area contributed by atoms with Crippen LogP contribution in [0.4, 0.5) is 10.7 Å². The zero-order valence-corrected chi connectivity index (χ0v) is 10.9. The van der Waals surface area contributed by atoms with Crippen LogP contribution in [0.1, 0.15) is 32.9 Å². The largest absolute Gasteiger partial charge is 0.397 e. The Kier molecular flexibility index (Phi) is 3.42. The molecule has 2 rings (SSSR count). The fourth-order valence-corrected chi connectivity index (χ4v) is 2.64. The zero-order chi connectivity index (χ0) is 13.3. The molecule has 6 nitrogen and oxygen atoms in total. The monoisotopic (exact) mass is 268 g/mol. The Morgan fingerprint density at radius 1 is 1.44 bits per heavy atom. The average Bonchev–Trinajstić information content (AvgIpc) is 3.09. The Hall–Kier alpha value is -1.76. The van der Waals surface area contributed by atoms with Gasteiger partial charge in [0.05, 0.1) is 11.3 Å². The lowest BCUT2D eigenvalue weighted by molar-refractivity contribution is 0.0965. The van der Waals surface area contributed by atoms with E-state index in [1.54, 1.807) is 0 Å². The fourth-order valence-electron chi connectivity index (χ4n) is 1.66. The van der Waals surface area contributed by atoms with Gasteiger partial charge >= 0.3 is 0 Å². The van der Waals surface area contributed by atoms with Crippen molar-refractivity contribution in [2.45, 2.75) is 12.8 Å². The van der Waals surface area contributed by atoms with Crippen LogP contribution in [0.3, 0.4) is 0 Å². The molecule has 1 aliphatic carbocycles. The van der Waals surface area contributed by atoms with Gasteiger partial charge in [-0.2, -0.15) is 0 Å². The molecule has 0 bridgehead atoms. The van der Waals surface area contributed by atoms with E-state index in [1.165, 1.54) is 19.9 Å². The number of hydrogen-bond acceptors (Lipinski definition) is 5. The molecule has 0 aromatic carbocycles. The predicted molar refractivity (Wildman–Crippen MR) is 71.9 cm³/mol. The lowest BCUT2D eigenvalue weighted by atomic mass is 10.2. The van der Waals surface area contributed by atoms with Gasteiger partial charge in [-0.05, 0) is 18.8 Å². The van der Waals surface area contributed by atoms with Gasteiger partial charge in [-0.3, -0.25) is 9.59 Å². The van der Waals surface area contributed by atoms with E-state index in [2.05, 4.69) is 10.6 Å². The minimum absolute atomic E-state index is 0.158. The summed E-state index contributed by atoms with van der Waals surface area (Å²) in [4.78, 5) is 23.2. The second-order valence-electron chi connectivity index (χ2n) is 4.32. The third-order valence-electron chi connectivity index (χ3n) is 2.87. The first-order valence-electron chi connectivity index (χ1n) is 5.72.